The van der Waals surface area contributed by atoms with E-state index in [1.54, 1.807) is 7.11 Å². The highest BCUT2D eigenvalue weighted by Crippen LogP contribution is 1.86. The van der Waals surface area contributed by atoms with Crippen molar-refractivity contribution in [2.75, 3.05) is 26.9 Å². The van der Waals surface area contributed by atoms with E-state index in [1.165, 1.54) is 0 Å². The Bertz CT molecular complexity index is 56.3. The van der Waals surface area contributed by atoms with Gasteiger partial charge in [0.2, 0.25) is 0 Å². The number of aliphatic hydroxyl groups excluding tert-OH is 1. The maximum Gasteiger partial charge on any atom is 0.0778 e. The van der Waals surface area contributed by atoms with Gasteiger partial charge in [-0.1, -0.05) is 0 Å². The van der Waals surface area contributed by atoms with E-state index in [0.29, 0.717) is 13.2 Å². The molecule has 0 saturated heterocycles. The molecule has 0 saturated carbocycles. The van der Waals surface area contributed by atoms with Gasteiger partial charge in [-0.3, -0.25) is 0 Å². The van der Waals surface area contributed by atoms with Crippen LogP contribution in [0.25, 0.3) is 0 Å². The van der Waals surface area contributed by atoms with Gasteiger partial charge in [0.1, 0.15) is 0 Å². The summed E-state index contributed by atoms with van der Waals surface area (Å²) in [7, 11) is 1.62. The molecule has 0 aliphatic carbocycles. The van der Waals surface area contributed by atoms with Crippen LogP contribution in [0.2, 0.25) is 0 Å². The monoisotopic (exact) mass is 134 g/mol. The fraction of sp³-hybridized carbons (Fsp3) is 1.00. The molecule has 0 heterocycles. The van der Waals surface area contributed by atoms with Crippen molar-refractivity contribution in [1.29, 1.82) is 0 Å². The number of ether oxygens (including phenoxy) is 2. The highest BCUT2D eigenvalue weighted by molar-refractivity contribution is 4.42. The topological polar surface area (TPSA) is 38.7 Å². The van der Waals surface area contributed by atoms with E-state index >= 15 is 0 Å². The van der Waals surface area contributed by atoms with Crippen LogP contribution in [0.1, 0.15) is 6.92 Å². The Morgan fingerprint density at radius 1 is 1.44 bits per heavy atom. The van der Waals surface area contributed by atoms with E-state index < -0.39 is 0 Å². The predicted octanol–water partition coefficient (Wildman–Crippen LogP) is 0.0302. The molecule has 0 bridgehead atoms. The molecule has 1 atom stereocenters. The van der Waals surface area contributed by atoms with Crippen molar-refractivity contribution in [2.24, 2.45) is 0 Å². The van der Waals surface area contributed by atoms with Crippen LogP contribution in [0.3, 0.4) is 0 Å². The van der Waals surface area contributed by atoms with Crippen LogP contribution in [-0.2, 0) is 9.47 Å². The Balaban J connectivity index is 2.88. The number of hydrogen-bond donors (Lipinski definition) is 1. The van der Waals surface area contributed by atoms with Crippen LogP contribution >= 0.6 is 0 Å². The summed E-state index contributed by atoms with van der Waals surface area (Å²) in [6.07, 6.45) is -0.0693. The lowest BCUT2D eigenvalue weighted by Gasteiger charge is -2.07. The normalized spacial score (nSPS) is 13.7. The van der Waals surface area contributed by atoms with Gasteiger partial charge in [0.05, 0.1) is 25.9 Å². The minimum atomic E-state index is -0.0693. The Morgan fingerprint density at radius 3 is 2.56 bits per heavy atom. The third-order valence-electron chi connectivity index (χ3n) is 0.947. The largest absolute Gasteiger partial charge is 0.394 e. The maximum atomic E-state index is 8.47. The second-order valence-electron chi connectivity index (χ2n) is 1.86. The molecule has 0 fully saturated rings. The van der Waals surface area contributed by atoms with Gasteiger partial charge in [0.15, 0.2) is 0 Å². The zero-order valence-corrected chi connectivity index (χ0v) is 5.96. The molecular formula is C6H14O3. The second-order valence-corrected chi connectivity index (χ2v) is 1.86. The minimum absolute atomic E-state index is 0.0693. The van der Waals surface area contributed by atoms with Crippen LogP contribution in [-0.4, -0.2) is 38.1 Å². The first-order valence-electron chi connectivity index (χ1n) is 3.02. The number of methoxy groups -OCH3 is 1. The van der Waals surface area contributed by atoms with E-state index in [-0.39, 0.29) is 12.7 Å². The molecule has 0 rings (SSSR count). The third-order valence-corrected chi connectivity index (χ3v) is 0.947. The first-order chi connectivity index (χ1) is 4.31. The molecule has 0 aliphatic heterocycles. The van der Waals surface area contributed by atoms with Crippen molar-refractivity contribution >= 4 is 0 Å². The molecule has 56 valence electrons. The highest BCUT2D eigenvalue weighted by atomic mass is 16.5. The summed E-state index contributed by atoms with van der Waals surface area (Å²) in [5.41, 5.74) is 0. The number of hydrogen-bond acceptors (Lipinski definition) is 3. The lowest BCUT2D eigenvalue weighted by molar-refractivity contribution is -0.00102. The molecule has 0 aromatic carbocycles. The Kier molecular flexibility index (Phi) is 5.93. The maximum absolute atomic E-state index is 8.47. The fourth-order valence-corrected chi connectivity index (χ4v) is 0.385. The third kappa shape index (κ3) is 5.76. The zero-order chi connectivity index (χ0) is 7.11. The van der Waals surface area contributed by atoms with Gasteiger partial charge in [-0.15, -0.1) is 0 Å². The summed E-state index contributed by atoms with van der Waals surface area (Å²) in [6, 6.07) is 0. The molecule has 1 N–H and O–H groups in total. The van der Waals surface area contributed by atoms with Gasteiger partial charge in [-0.05, 0) is 6.92 Å². The van der Waals surface area contributed by atoms with Crippen molar-refractivity contribution < 1.29 is 14.6 Å². The van der Waals surface area contributed by atoms with Crippen molar-refractivity contribution in [3.63, 3.8) is 0 Å². The van der Waals surface area contributed by atoms with Gasteiger partial charge in [-0.25, -0.2) is 0 Å². The van der Waals surface area contributed by atoms with Crippen LogP contribution in [0.4, 0.5) is 0 Å². The summed E-state index contributed by atoms with van der Waals surface area (Å²) in [5, 5.41) is 8.47. The van der Waals surface area contributed by atoms with E-state index in [1.807, 2.05) is 6.92 Å². The standard InChI is InChI=1S/C6H14O3/c1-6(5-7)9-4-3-8-2/h6-7H,3-5H2,1-2H3/t6-/m0/s1. The van der Waals surface area contributed by atoms with Gasteiger partial charge in [0, 0.05) is 7.11 Å². The summed E-state index contributed by atoms with van der Waals surface area (Å²) in [6.45, 7) is 3.03. The van der Waals surface area contributed by atoms with Crippen LogP contribution in [0.15, 0.2) is 0 Å². The lowest BCUT2D eigenvalue weighted by Crippen LogP contribution is -2.15. The zero-order valence-electron chi connectivity index (χ0n) is 5.96. The fourth-order valence-electron chi connectivity index (χ4n) is 0.385. The molecule has 0 spiro atoms. The summed E-state index contributed by atoms with van der Waals surface area (Å²) < 4.78 is 9.79. The van der Waals surface area contributed by atoms with Crippen molar-refractivity contribution in [1.82, 2.24) is 0 Å². The van der Waals surface area contributed by atoms with E-state index in [4.69, 9.17) is 14.6 Å². The number of rotatable bonds is 5. The van der Waals surface area contributed by atoms with E-state index in [0.717, 1.165) is 0 Å². The van der Waals surface area contributed by atoms with Gasteiger partial charge in [0.25, 0.3) is 0 Å². The molecule has 0 aromatic heterocycles. The van der Waals surface area contributed by atoms with E-state index in [2.05, 4.69) is 0 Å². The molecule has 9 heavy (non-hydrogen) atoms. The Labute approximate surface area is 55.6 Å². The Hall–Kier alpha value is -0.120. The van der Waals surface area contributed by atoms with Crippen molar-refractivity contribution in [3.8, 4) is 0 Å². The smallest absolute Gasteiger partial charge is 0.0778 e. The first-order valence-corrected chi connectivity index (χ1v) is 3.02. The van der Waals surface area contributed by atoms with E-state index in [9.17, 15) is 0 Å². The van der Waals surface area contributed by atoms with Gasteiger partial charge >= 0.3 is 0 Å². The quantitative estimate of drug-likeness (QED) is 0.539. The summed E-state index contributed by atoms with van der Waals surface area (Å²) in [4.78, 5) is 0. The van der Waals surface area contributed by atoms with Gasteiger partial charge in [-0.2, -0.15) is 0 Å². The van der Waals surface area contributed by atoms with Crippen molar-refractivity contribution in [2.45, 2.75) is 13.0 Å². The predicted molar refractivity (Wildman–Crippen MR) is 34.4 cm³/mol. The van der Waals surface area contributed by atoms with Crippen LogP contribution in [0.5, 0.6) is 0 Å². The minimum Gasteiger partial charge on any atom is -0.394 e. The molecule has 0 aliphatic rings. The van der Waals surface area contributed by atoms with Crippen LogP contribution < -0.4 is 0 Å². The lowest BCUT2D eigenvalue weighted by atomic mass is 10.4. The van der Waals surface area contributed by atoms with Crippen molar-refractivity contribution in [3.05, 3.63) is 0 Å². The molecule has 0 aromatic rings. The molecule has 0 unspecified atom stereocenters. The molecular weight excluding hydrogens is 120 g/mol. The summed E-state index contributed by atoms with van der Waals surface area (Å²) >= 11 is 0. The SMILES string of the molecule is COCCO[C@@H](C)CO. The molecule has 0 radical (unpaired) electrons. The molecule has 0 amide bonds. The first kappa shape index (κ1) is 8.88. The summed E-state index contributed by atoms with van der Waals surface area (Å²) in [5.74, 6) is 0. The second kappa shape index (κ2) is 6.01. The average Bonchev–Trinajstić information content (AvgIpc) is 1.89. The Morgan fingerprint density at radius 2 is 2.11 bits per heavy atom. The molecule has 3 heteroatoms. The number of aliphatic hydroxyl groups is 1. The van der Waals surface area contributed by atoms with Gasteiger partial charge < -0.3 is 14.6 Å². The molecule has 3 nitrogen and oxygen atoms in total. The average molecular weight is 134 g/mol. The highest BCUT2D eigenvalue weighted by Gasteiger charge is 1.96. The van der Waals surface area contributed by atoms with Crippen LogP contribution in [0, 0.1) is 0 Å².